The van der Waals surface area contributed by atoms with Gasteiger partial charge in [0.15, 0.2) is 0 Å². The highest BCUT2D eigenvalue weighted by atomic mass is 32.2. The molecule has 0 saturated heterocycles. The van der Waals surface area contributed by atoms with Gasteiger partial charge in [0.05, 0.1) is 29.5 Å². The van der Waals surface area contributed by atoms with Crippen molar-refractivity contribution in [3.63, 3.8) is 0 Å². The molecule has 0 saturated carbocycles. The molecule has 0 spiro atoms. The number of amides is 2. The van der Waals surface area contributed by atoms with Crippen LogP contribution in [0.5, 0.6) is 5.75 Å². The van der Waals surface area contributed by atoms with E-state index in [1.54, 1.807) is 23.8 Å². The van der Waals surface area contributed by atoms with Gasteiger partial charge in [-0.3, -0.25) is 14.5 Å². The largest absolute Gasteiger partial charge is 0.497 e. The fourth-order valence-electron chi connectivity index (χ4n) is 4.92. The van der Waals surface area contributed by atoms with Crippen LogP contribution in [0.1, 0.15) is 42.2 Å². The highest BCUT2D eigenvalue weighted by Crippen LogP contribution is 2.49. The molecule has 2 atom stereocenters. The SMILES string of the molecule is CC[C@H](C)NC(=O)CN1C(=O)CS[C@@H](c2ccccc2C)c2c(-c3ccccc3)nn(-c3ccc(OC)cc3)c21. The van der Waals surface area contributed by atoms with Gasteiger partial charge in [-0.1, -0.05) is 61.5 Å². The molecular formula is C32H34N4O3S. The lowest BCUT2D eigenvalue weighted by molar-refractivity contribution is -0.123. The zero-order chi connectivity index (χ0) is 28.2. The molecule has 1 aromatic heterocycles. The van der Waals surface area contributed by atoms with E-state index >= 15 is 0 Å². The van der Waals surface area contributed by atoms with Crippen molar-refractivity contribution < 1.29 is 14.3 Å². The topological polar surface area (TPSA) is 76.5 Å². The first-order valence-corrected chi connectivity index (χ1v) is 14.6. The molecule has 0 bridgehead atoms. The second-order valence-electron chi connectivity index (χ2n) is 9.97. The molecule has 1 N–H and O–H groups in total. The Balaban J connectivity index is 1.78. The van der Waals surface area contributed by atoms with E-state index in [0.717, 1.165) is 45.8 Å². The predicted octanol–water partition coefficient (Wildman–Crippen LogP) is 5.94. The number of hydrogen-bond donors (Lipinski definition) is 1. The molecule has 2 amide bonds. The first kappa shape index (κ1) is 27.5. The average Bonchev–Trinajstić information content (AvgIpc) is 3.31. The van der Waals surface area contributed by atoms with Crippen LogP contribution in [0, 0.1) is 6.92 Å². The molecule has 2 heterocycles. The normalized spacial score (nSPS) is 15.8. The highest BCUT2D eigenvalue weighted by molar-refractivity contribution is 8.00. The Kier molecular flexibility index (Phi) is 8.26. The number of benzene rings is 3. The lowest BCUT2D eigenvalue weighted by Gasteiger charge is -2.24. The van der Waals surface area contributed by atoms with Gasteiger partial charge < -0.3 is 10.1 Å². The van der Waals surface area contributed by atoms with Gasteiger partial charge >= 0.3 is 0 Å². The Hall–Kier alpha value is -4.04. The van der Waals surface area contributed by atoms with Crippen molar-refractivity contribution in [3.8, 4) is 22.7 Å². The number of ether oxygens (including phenoxy) is 1. The van der Waals surface area contributed by atoms with Crippen LogP contribution in [0.3, 0.4) is 0 Å². The number of nitrogens with zero attached hydrogens (tertiary/aromatic N) is 3. The van der Waals surface area contributed by atoms with Crippen LogP contribution in [0.25, 0.3) is 16.9 Å². The summed E-state index contributed by atoms with van der Waals surface area (Å²) in [5, 5.41) is 8.01. The van der Waals surface area contributed by atoms with Gasteiger partial charge in [-0.2, -0.15) is 5.10 Å². The van der Waals surface area contributed by atoms with Crippen LogP contribution in [0.2, 0.25) is 0 Å². The Bertz CT molecular complexity index is 1500. The molecule has 0 aliphatic carbocycles. The van der Waals surface area contributed by atoms with Crippen molar-refractivity contribution in [1.82, 2.24) is 15.1 Å². The minimum atomic E-state index is -0.197. The molecule has 1 aliphatic rings. The summed E-state index contributed by atoms with van der Waals surface area (Å²) >= 11 is 1.58. The van der Waals surface area contributed by atoms with Gasteiger partial charge in [-0.25, -0.2) is 4.68 Å². The summed E-state index contributed by atoms with van der Waals surface area (Å²) in [5.41, 5.74) is 5.69. The first-order chi connectivity index (χ1) is 19.4. The Morgan fingerprint density at radius 2 is 1.77 bits per heavy atom. The quantitative estimate of drug-likeness (QED) is 0.292. The number of aromatic nitrogens is 2. The number of carbonyl (C=O) groups is 2. The molecule has 40 heavy (non-hydrogen) atoms. The summed E-state index contributed by atoms with van der Waals surface area (Å²) < 4.78 is 7.20. The van der Waals surface area contributed by atoms with Crippen LogP contribution in [-0.2, 0) is 9.59 Å². The standard InChI is InChI=1S/C32H34N4O3S/c1-5-22(3)33-27(37)19-35-28(38)20-40-31(26-14-10-9-11-21(26)2)29-30(23-12-7-6-8-13-23)34-36(32(29)35)24-15-17-25(39-4)18-16-24/h6-18,22,31H,5,19-20H2,1-4H3,(H,33,37)/t22-,31-/m0/s1. The molecule has 0 radical (unpaired) electrons. The number of rotatable bonds is 8. The lowest BCUT2D eigenvalue weighted by Crippen LogP contribution is -2.44. The molecule has 0 unspecified atom stereocenters. The van der Waals surface area contributed by atoms with E-state index in [2.05, 4.69) is 24.4 Å². The number of anilines is 1. The maximum Gasteiger partial charge on any atom is 0.240 e. The van der Waals surface area contributed by atoms with Gasteiger partial charge in [0.1, 0.15) is 18.1 Å². The number of aryl methyl sites for hydroxylation is 1. The van der Waals surface area contributed by atoms with Crippen molar-refractivity contribution in [2.24, 2.45) is 0 Å². The van der Waals surface area contributed by atoms with Crippen molar-refractivity contribution in [1.29, 1.82) is 0 Å². The van der Waals surface area contributed by atoms with Gasteiger partial charge in [-0.05, 0) is 55.7 Å². The van der Waals surface area contributed by atoms with Gasteiger partial charge in [0.25, 0.3) is 0 Å². The van der Waals surface area contributed by atoms with Crippen molar-refractivity contribution >= 4 is 29.4 Å². The van der Waals surface area contributed by atoms with E-state index in [9.17, 15) is 9.59 Å². The van der Waals surface area contributed by atoms with Gasteiger partial charge in [0.2, 0.25) is 11.8 Å². The average molecular weight is 555 g/mol. The fourth-order valence-corrected chi connectivity index (χ4v) is 6.22. The molecule has 7 nitrogen and oxygen atoms in total. The van der Waals surface area contributed by atoms with E-state index in [0.29, 0.717) is 5.82 Å². The lowest BCUT2D eigenvalue weighted by atomic mass is 9.97. The molecule has 3 aromatic carbocycles. The zero-order valence-electron chi connectivity index (χ0n) is 23.3. The maximum absolute atomic E-state index is 13.8. The molecule has 0 fully saturated rings. The van der Waals surface area contributed by atoms with E-state index in [1.807, 2.05) is 85.3 Å². The zero-order valence-corrected chi connectivity index (χ0v) is 24.1. The van der Waals surface area contributed by atoms with Crippen molar-refractivity contribution in [2.75, 3.05) is 24.3 Å². The fraction of sp³-hybridized carbons (Fsp3) is 0.281. The molecule has 8 heteroatoms. The van der Waals surface area contributed by atoms with Crippen LogP contribution in [0.4, 0.5) is 5.82 Å². The number of methoxy groups -OCH3 is 1. The number of fused-ring (bicyclic) bond motifs is 1. The highest BCUT2D eigenvalue weighted by Gasteiger charge is 2.38. The minimum Gasteiger partial charge on any atom is -0.497 e. The molecule has 5 rings (SSSR count). The smallest absolute Gasteiger partial charge is 0.240 e. The predicted molar refractivity (Wildman–Crippen MR) is 161 cm³/mol. The second kappa shape index (κ2) is 12.0. The summed E-state index contributed by atoms with van der Waals surface area (Å²) in [6.07, 6.45) is 0.804. The molecule has 206 valence electrons. The third-order valence-electron chi connectivity index (χ3n) is 7.25. The minimum absolute atomic E-state index is 0.00882. The van der Waals surface area contributed by atoms with Crippen LogP contribution < -0.4 is 15.0 Å². The number of thioether (sulfide) groups is 1. The second-order valence-corrected chi connectivity index (χ2v) is 11.1. The van der Waals surface area contributed by atoms with Crippen LogP contribution >= 0.6 is 11.8 Å². The summed E-state index contributed by atoms with van der Waals surface area (Å²) in [7, 11) is 1.63. The third-order valence-corrected chi connectivity index (χ3v) is 8.48. The molecular weight excluding hydrogens is 520 g/mol. The van der Waals surface area contributed by atoms with Crippen molar-refractivity contribution in [2.45, 2.75) is 38.5 Å². The van der Waals surface area contributed by atoms with Crippen LogP contribution in [0.15, 0.2) is 78.9 Å². The first-order valence-electron chi connectivity index (χ1n) is 13.5. The Morgan fingerprint density at radius 1 is 1.07 bits per heavy atom. The maximum atomic E-state index is 13.8. The number of carbonyl (C=O) groups excluding carboxylic acids is 2. The Labute approximate surface area is 239 Å². The Morgan fingerprint density at radius 3 is 2.45 bits per heavy atom. The number of hydrogen-bond acceptors (Lipinski definition) is 5. The van der Waals surface area contributed by atoms with E-state index < -0.39 is 0 Å². The third kappa shape index (κ3) is 5.49. The van der Waals surface area contributed by atoms with Crippen molar-refractivity contribution in [3.05, 3.63) is 95.6 Å². The summed E-state index contributed by atoms with van der Waals surface area (Å²) in [5.74, 6) is 1.25. The summed E-state index contributed by atoms with van der Waals surface area (Å²) in [4.78, 5) is 28.6. The summed E-state index contributed by atoms with van der Waals surface area (Å²) in [6.45, 7) is 5.99. The molecule has 4 aromatic rings. The number of nitrogens with one attached hydrogen (secondary N) is 1. The monoisotopic (exact) mass is 554 g/mol. The van der Waals surface area contributed by atoms with E-state index in [-0.39, 0.29) is 35.4 Å². The van der Waals surface area contributed by atoms with E-state index in [1.165, 1.54) is 0 Å². The van der Waals surface area contributed by atoms with Gasteiger partial charge in [0, 0.05) is 17.2 Å². The summed E-state index contributed by atoms with van der Waals surface area (Å²) in [6, 6.07) is 25.9. The molecule has 1 aliphatic heterocycles. The van der Waals surface area contributed by atoms with Gasteiger partial charge in [-0.15, -0.1) is 11.8 Å². The van der Waals surface area contributed by atoms with E-state index in [4.69, 9.17) is 9.84 Å². The van der Waals surface area contributed by atoms with Crippen LogP contribution in [-0.4, -0.2) is 47.0 Å².